The molecular weight excluding hydrogens is 208 g/mol. The second-order valence-electron chi connectivity index (χ2n) is 4.04. The van der Waals surface area contributed by atoms with Crippen molar-refractivity contribution < 1.29 is 4.74 Å². The Labute approximate surface area is 102 Å². The van der Waals surface area contributed by atoms with Crippen LogP contribution in [-0.4, -0.2) is 6.61 Å². The zero-order chi connectivity index (χ0) is 12.1. The van der Waals surface area contributed by atoms with Crippen molar-refractivity contribution in [1.82, 2.24) is 0 Å². The Morgan fingerprint density at radius 2 is 1.88 bits per heavy atom. The molecule has 0 bridgehead atoms. The molecule has 0 saturated heterocycles. The summed E-state index contributed by atoms with van der Waals surface area (Å²) in [5, 5.41) is 2.42. The van der Waals surface area contributed by atoms with Crippen LogP contribution >= 0.6 is 0 Å². The lowest BCUT2D eigenvalue weighted by Crippen LogP contribution is -1.99. The summed E-state index contributed by atoms with van der Waals surface area (Å²) in [6.45, 7) is 8.15. The van der Waals surface area contributed by atoms with Gasteiger partial charge in [-0.25, -0.2) is 0 Å². The molecule has 0 fully saturated rings. The van der Waals surface area contributed by atoms with E-state index in [1.807, 2.05) is 24.3 Å². The fraction of sp³-hybridized carbons (Fsp3) is 0.125. The number of hydrogen-bond donors (Lipinski definition) is 0. The zero-order valence-corrected chi connectivity index (χ0v) is 9.86. The minimum Gasteiger partial charge on any atom is -0.489 e. The van der Waals surface area contributed by atoms with Crippen molar-refractivity contribution in [2.24, 2.45) is 0 Å². The lowest BCUT2D eigenvalue weighted by molar-refractivity contribution is 0.351. The largest absolute Gasteiger partial charge is 0.489 e. The summed E-state index contributed by atoms with van der Waals surface area (Å²) >= 11 is 0. The van der Waals surface area contributed by atoms with Crippen molar-refractivity contribution in [2.45, 2.75) is 6.42 Å². The molecule has 0 spiro atoms. The lowest BCUT2D eigenvalue weighted by Gasteiger charge is -2.08. The molecular formula is C16H16O. The molecule has 0 heterocycles. The van der Waals surface area contributed by atoms with Crippen LogP contribution in [0.2, 0.25) is 0 Å². The average molecular weight is 224 g/mol. The van der Waals surface area contributed by atoms with Crippen LogP contribution in [0.3, 0.4) is 0 Å². The summed E-state index contributed by atoms with van der Waals surface area (Å²) in [6.07, 6.45) is 2.64. The number of hydrogen-bond acceptors (Lipinski definition) is 1. The van der Waals surface area contributed by atoms with E-state index >= 15 is 0 Å². The Morgan fingerprint density at radius 3 is 2.65 bits per heavy atom. The Balaban J connectivity index is 2.09. The molecule has 0 saturated carbocycles. The topological polar surface area (TPSA) is 9.23 Å². The van der Waals surface area contributed by atoms with Crippen LogP contribution in [-0.2, 0) is 0 Å². The molecule has 0 aliphatic heterocycles. The van der Waals surface area contributed by atoms with E-state index in [4.69, 9.17) is 4.74 Å². The maximum absolute atomic E-state index is 5.68. The van der Waals surface area contributed by atoms with Crippen LogP contribution in [0.15, 0.2) is 67.3 Å². The fourth-order valence-corrected chi connectivity index (χ4v) is 1.71. The molecule has 0 N–H and O–H groups in total. The van der Waals surface area contributed by atoms with Gasteiger partial charge in [-0.15, -0.1) is 6.58 Å². The average Bonchev–Trinajstić information content (AvgIpc) is 2.36. The molecule has 2 aromatic carbocycles. The van der Waals surface area contributed by atoms with E-state index in [1.54, 1.807) is 0 Å². The number of fused-ring (bicyclic) bond motifs is 1. The van der Waals surface area contributed by atoms with Gasteiger partial charge in [0.15, 0.2) is 0 Å². The summed E-state index contributed by atoms with van der Waals surface area (Å²) in [7, 11) is 0. The van der Waals surface area contributed by atoms with Crippen LogP contribution in [0, 0.1) is 0 Å². The summed E-state index contributed by atoms with van der Waals surface area (Å²) in [6, 6.07) is 14.4. The standard InChI is InChI=1S/C16H16O/c1-3-6-13(2)12-17-16-10-9-14-7-4-5-8-15(14)11-16/h3-5,7-11H,1-2,6,12H2. The van der Waals surface area contributed by atoms with Crippen LogP contribution in [0.5, 0.6) is 5.75 Å². The zero-order valence-electron chi connectivity index (χ0n) is 9.86. The highest BCUT2D eigenvalue weighted by molar-refractivity contribution is 5.83. The van der Waals surface area contributed by atoms with E-state index in [-0.39, 0.29) is 0 Å². The number of rotatable bonds is 5. The fourth-order valence-electron chi connectivity index (χ4n) is 1.71. The summed E-state index contributed by atoms with van der Waals surface area (Å²) < 4.78 is 5.68. The van der Waals surface area contributed by atoms with Gasteiger partial charge in [0, 0.05) is 0 Å². The summed E-state index contributed by atoms with van der Waals surface area (Å²) in [5.41, 5.74) is 1.04. The predicted molar refractivity (Wildman–Crippen MR) is 73.4 cm³/mol. The normalized spacial score (nSPS) is 10.1. The molecule has 0 atom stereocenters. The van der Waals surface area contributed by atoms with E-state index in [0.717, 1.165) is 17.7 Å². The van der Waals surface area contributed by atoms with Gasteiger partial charge in [0.1, 0.15) is 12.4 Å². The van der Waals surface area contributed by atoms with E-state index in [2.05, 4.69) is 37.4 Å². The van der Waals surface area contributed by atoms with Gasteiger partial charge >= 0.3 is 0 Å². The maximum Gasteiger partial charge on any atom is 0.120 e. The van der Waals surface area contributed by atoms with E-state index in [9.17, 15) is 0 Å². The molecule has 86 valence electrons. The molecule has 17 heavy (non-hydrogen) atoms. The third kappa shape index (κ3) is 2.97. The van der Waals surface area contributed by atoms with Gasteiger partial charge in [-0.1, -0.05) is 43.0 Å². The molecule has 1 nitrogen and oxygen atoms in total. The molecule has 2 aromatic rings. The molecule has 0 amide bonds. The van der Waals surface area contributed by atoms with E-state index in [1.165, 1.54) is 10.8 Å². The van der Waals surface area contributed by atoms with Gasteiger partial charge in [0.05, 0.1) is 0 Å². The molecule has 0 aliphatic carbocycles. The quantitative estimate of drug-likeness (QED) is 0.686. The molecule has 1 heteroatoms. The van der Waals surface area contributed by atoms with Crippen LogP contribution < -0.4 is 4.74 Å². The van der Waals surface area contributed by atoms with Crippen LogP contribution in [0.25, 0.3) is 10.8 Å². The van der Waals surface area contributed by atoms with Crippen molar-refractivity contribution in [3.8, 4) is 5.75 Å². The molecule has 0 radical (unpaired) electrons. The van der Waals surface area contributed by atoms with Crippen molar-refractivity contribution in [3.05, 3.63) is 67.3 Å². The Bertz CT molecular complexity index is 540. The SMILES string of the molecule is C=CCC(=C)COc1ccc2ccccc2c1. The lowest BCUT2D eigenvalue weighted by atomic mass is 10.1. The summed E-state index contributed by atoms with van der Waals surface area (Å²) in [5.74, 6) is 0.883. The molecule has 0 aromatic heterocycles. The monoisotopic (exact) mass is 224 g/mol. The highest BCUT2D eigenvalue weighted by atomic mass is 16.5. The van der Waals surface area contributed by atoms with Gasteiger partial charge in [0.25, 0.3) is 0 Å². The minimum absolute atomic E-state index is 0.546. The van der Waals surface area contributed by atoms with E-state index < -0.39 is 0 Å². The van der Waals surface area contributed by atoms with Gasteiger partial charge < -0.3 is 4.74 Å². The molecule has 2 rings (SSSR count). The molecule has 0 aliphatic rings. The third-order valence-electron chi connectivity index (χ3n) is 2.60. The maximum atomic E-state index is 5.68. The number of allylic oxidation sites excluding steroid dienone is 1. The predicted octanol–water partition coefficient (Wildman–Crippen LogP) is 4.35. The first-order valence-electron chi connectivity index (χ1n) is 5.69. The number of ether oxygens (including phenoxy) is 1. The van der Waals surface area contributed by atoms with Crippen molar-refractivity contribution >= 4 is 10.8 Å². The molecule has 0 unspecified atom stereocenters. The first-order valence-corrected chi connectivity index (χ1v) is 5.69. The smallest absolute Gasteiger partial charge is 0.120 e. The Morgan fingerprint density at radius 1 is 1.12 bits per heavy atom. The third-order valence-corrected chi connectivity index (χ3v) is 2.60. The van der Waals surface area contributed by atoms with Gasteiger partial charge in [-0.05, 0) is 34.9 Å². The highest BCUT2D eigenvalue weighted by Gasteiger charge is 1.98. The summed E-state index contributed by atoms with van der Waals surface area (Å²) in [4.78, 5) is 0. The Hall–Kier alpha value is -2.02. The number of benzene rings is 2. The van der Waals surface area contributed by atoms with Crippen LogP contribution in [0.1, 0.15) is 6.42 Å². The van der Waals surface area contributed by atoms with Crippen molar-refractivity contribution in [1.29, 1.82) is 0 Å². The Kier molecular flexibility index (Phi) is 3.61. The first-order chi connectivity index (χ1) is 8.29. The second-order valence-corrected chi connectivity index (χ2v) is 4.04. The van der Waals surface area contributed by atoms with Crippen molar-refractivity contribution in [2.75, 3.05) is 6.61 Å². The van der Waals surface area contributed by atoms with Crippen LogP contribution in [0.4, 0.5) is 0 Å². The minimum atomic E-state index is 0.546. The van der Waals surface area contributed by atoms with E-state index in [0.29, 0.717) is 6.61 Å². The second kappa shape index (κ2) is 5.35. The van der Waals surface area contributed by atoms with Gasteiger partial charge in [-0.3, -0.25) is 0 Å². The highest BCUT2D eigenvalue weighted by Crippen LogP contribution is 2.20. The van der Waals surface area contributed by atoms with Crippen molar-refractivity contribution in [3.63, 3.8) is 0 Å². The van der Waals surface area contributed by atoms with Gasteiger partial charge in [0.2, 0.25) is 0 Å². The van der Waals surface area contributed by atoms with Gasteiger partial charge in [-0.2, -0.15) is 0 Å². The first kappa shape index (κ1) is 11.5.